The van der Waals surface area contributed by atoms with Crippen LogP contribution in [0.3, 0.4) is 0 Å². The minimum Gasteiger partial charge on any atom is -0.478 e. The summed E-state index contributed by atoms with van der Waals surface area (Å²) in [6.07, 6.45) is -0.870. The fourth-order valence-electron chi connectivity index (χ4n) is 3.90. The van der Waals surface area contributed by atoms with E-state index in [0.29, 0.717) is 30.5 Å². The van der Waals surface area contributed by atoms with Crippen molar-refractivity contribution in [2.45, 2.75) is 12.6 Å². The number of fused-ring (bicyclic) bond motifs is 1. The Bertz CT molecular complexity index is 1180. The Morgan fingerprint density at radius 3 is 2.78 bits per heavy atom. The van der Waals surface area contributed by atoms with Crippen LogP contribution in [0.1, 0.15) is 32.7 Å². The summed E-state index contributed by atoms with van der Waals surface area (Å²) in [7, 11) is 0. The van der Waals surface area contributed by atoms with Gasteiger partial charge in [0.15, 0.2) is 0 Å². The molecule has 3 aromatic rings. The molecule has 0 saturated carbocycles. The lowest BCUT2D eigenvalue weighted by Crippen LogP contribution is -2.31. The van der Waals surface area contributed by atoms with E-state index in [4.69, 9.17) is 0 Å². The number of alkyl halides is 3. The van der Waals surface area contributed by atoms with Gasteiger partial charge in [0.2, 0.25) is 0 Å². The average Bonchev–Trinajstić information content (AvgIpc) is 3.25. The topological polar surface area (TPSA) is 95.4 Å². The molecule has 0 spiro atoms. The molecule has 1 aromatic heterocycles. The van der Waals surface area contributed by atoms with Gasteiger partial charge in [-0.2, -0.15) is 13.2 Å². The normalized spacial score (nSPS) is 16.3. The highest BCUT2D eigenvalue weighted by Gasteiger charge is 2.31. The number of halogens is 3. The number of anilines is 1. The Morgan fingerprint density at radius 2 is 2.03 bits per heavy atom. The highest BCUT2D eigenvalue weighted by atomic mass is 19.4. The Hall–Kier alpha value is -3.69. The van der Waals surface area contributed by atoms with Gasteiger partial charge in [0, 0.05) is 42.5 Å². The molecular weight excluding hydrogens is 425 g/mol. The molecule has 1 aliphatic heterocycles. The van der Waals surface area contributed by atoms with Gasteiger partial charge >= 0.3 is 12.1 Å². The lowest BCUT2D eigenvalue weighted by atomic mass is 10.1. The van der Waals surface area contributed by atoms with Crippen molar-refractivity contribution < 1.29 is 27.9 Å². The van der Waals surface area contributed by atoms with Crippen LogP contribution in [0, 0.1) is 5.92 Å². The van der Waals surface area contributed by atoms with Crippen molar-refractivity contribution in [3.63, 3.8) is 0 Å². The Labute approximate surface area is 180 Å². The van der Waals surface area contributed by atoms with Gasteiger partial charge in [-0.3, -0.25) is 4.79 Å². The largest absolute Gasteiger partial charge is 0.478 e. The average molecular weight is 444 g/mol. The molecule has 1 amide bonds. The molecule has 7 nitrogen and oxygen atoms in total. The number of carbonyl (C=O) groups is 2. The number of rotatable bonds is 5. The number of carboxylic acids is 1. The van der Waals surface area contributed by atoms with E-state index in [1.54, 1.807) is 12.3 Å². The molecule has 2 N–H and O–H groups in total. The molecule has 1 unspecified atom stereocenters. The summed E-state index contributed by atoms with van der Waals surface area (Å²) in [5.74, 6) is -1.54. The number of hydrogen-bond acceptors (Lipinski definition) is 5. The molecule has 0 bridgehead atoms. The number of hydrogen-bond donors (Lipinski definition) is 2. The zero-order chi connectivity index (χ0) is 22.9. The third kappa shape index (κ3) is 4.34. The maximum Gasteiger partial charge on any atom is 0.416 e. The van der Waals surface area contributed by atoms with E-state index in [1.807, 2.05) is 0 Å². The molecule has 10 heteroatoms. The second-order valence-electron chi connectivity index (χ2n) is 7.61. The molecule has 2 aromatic carbocycles. The minimum atomic E-state index is -4.51. The predicted octanol–water partition coefficient (Wildman–Crippen LogP) is 3.60. The Kier molecular flexibility index (Phi) is 5.68. The van der Waals surface area contributed by atoms with Crippen molar-refractivity contribution in [3.05, 3.63) is 65.6 Å². The number of aromatic carboxylic acids is 1. The number of carboxylic acid groups (broad SMARTS) is 1. The van der Waals surface area contributed by atoms with Crippen molar-refractivity contribution in [2.24, 2.45) is 5.92 Å². The van der Waals surface area contributed by atoms with Crippen molar-refractivity contribution >= 4 is 28.5 Å². The number of amides is 1. The molecule has 32 heavy (non-hydrogen) atoms. The summed E-state index contributed by atoms with van der Waals surface area (Å²) in [4.78, 5) is 34.0. The standard InChI is InChI=1S/C22H19F3N4O3/c23-22(24,25)15-3-1-2-14(8-15)20(30)27-9-13-6-7-29(11-13)18-5-4-16(21(31)32)19-17(18)10-26-12-28-19/h1-5,8,10,12-13H,6-7,9,11H2,(H,27,30)(H,31,32). The number of benzene rings is 2. The zero-order valence-corrected chi connectivity index (χ0v) is 16.8. The highest BCUT2D eigenvalue weighted by Crippen LogP contribution is 2.32. The minimum absolute atomic E-state index is 0.0397. The van der Waals surface area contributed by atoms with E-state index in [9.17, 15) is 27.9 Å². The van der Waals surface area contributed by atoms with E-state index in [1.165, 1.54) is 24.5 Å². The van der Waals surface area contributed by atoms with Gasteiger partial charge < -0.3 is 15.3 Å². The number of nitrogens with zero attached hydrogens (tertiary/aromatic N) is 3. The third-order valence-electron chi connectivity index (χ3n) is 5.51. The molecular formula is C22H19F3N4O3. The van der Waals surface area contributed by atoms with E-state index in [2.05, 4.69) is 20.2 Å². The van der Waals surface area contributed by atoms with Crippen molar-refractivity contribution in [3.8, 4) is 0 Å². The lowest BCUT2D eigenvalue weighted by molar-refractivity contribution is -0.137. The van der Waals surface area contributed by atoms with Crippen LogP contribution in [0.5, 0.6) is 0 Å². The molecule has 2 heterocycles. The molecule has 4 rings (SSSR count). The molecule has 1 atom stereocenters. The van der Waals surface area contributed by atoms with Gasteiger partial charge in [0.25, 0.3) is 5.91 Å². The summed E-state index contributed by atoms with van der Waals surface area (Å²) in [6.45, 7) is 1.59. The molecule has 1 saturated heterocycles. The lowest BCUT2D eigenvalue weighted by Gasteiger charge is -2.21. The fourth-order valence-corrected chi connectivity index (χ4v) is 3.90. The van der Waals surface area contributed by atoms with Crippen LogP contribution in [0.4, 0.5) is 18.9 Å². The SMILES string of the molecule is O=C(NCC1CCN(c2ccc(C(=O)O)c3ncncc23)C1)c1cccc(C(F)(F)F)c1. The van der Waals surface area contributed by atoms with Gasteiger partial charge in [0.1, 0.15) is 6.33 Å². The first-order chi connectivity index (χ1) is 15.2. The van der Waals surface area contributed by atoms with Gasteiger partial charge in [-0.1, -0.05) is 6.07 Å². The van der Waals surface area contributed by atoms with Gasteiger partial charge in [0.05, 0.1) is 16.6 Å². The van der Waals surface area contributed by atoms with Crippen molar-refractivity contribution in [1.29, 1.82) is 0 Å². The summed E-state index contributed by atoms with van der Waals surface area (Å²) >= 11 is 0. The first-order valence-corrected chi connectivity index (χ1v) is 9.90. The van der Waals surface area contributed by atoms with E-state index < -0.39 is 23.6 Å². The van der Waals surface area contributed by atoms with Crippen LogP contribution in [-0.2, 0) is 6.18 Å². The monoisotopic (exact) mass is 444 g/mol. The van der Waals surface area contributed by atoms with E-state index in [0.717, 1.165) is 24.2 Å². The van der Waals surface area contributed by atoms with Crippen molar-refractivity contribution in [1.82, 2.24) is 15.3 Å². The highest BCUT2D eigenvalue weighted by molar-refractivity contribution is 6.05. The van der Waals surface area contributed by atoms with E-state index >= 15 is 0 Å². The van der Waals surface area contributed by atoms with Crippen LogP contribution < -0.4 is 10.2 Å². The fraction of sp³-hybridized carbons (Fsp3) is 0.273. The summed E-state index contributed by atoms with van der Waals surface area (Å²) < 4.78 is 38.6. The predicted molar refractivity (Wildman–Crippen MR) is 111 cm³/mol. The first kappa shape index (κ1) is 21.5. The van der Waals surface area contributed by atoms with Gasteiger partial charge in [-0.05, 0) is 42.7 Å². The zero-order valence-electron chi connectivity index (χ0n) is 16.8. The maximum absolute atomic E-state index is 12.9. The second kappa shape index (κ2) is 8.45. The Morgan fingerprint density at radius 1 is 1.22 bits per heavy atom. The van der Waals surface area contributed by atoms with E-state index in [-0.39, 0.29) is 17.0 Å². The molecule has 1 aliphatic rings. The smallest absolute Gasteiger partial charge is 0.416 e. The maximum atomic E-state index is 12.9. The van der Waals surface area contributed by atoms with Crippen LogP contribution in [0.2, 0.25) is 0 Å². The first-order valence-electron chi connectivity index (χ1n) is 9.90. The summed E-state index contributed by atoms with van der Waals surface area (Å²) in [5.41, 5.74) is 0.344. The van der Waals surface area contributed by atoms with Crippen LogP contribution in [0.25, 0.3) is 10.9 Å². The Balaban J connectivity index is 1.43. The molecule has 166 valence electrons. The molecule has 0 radical (unpaired) electrons. The third-order valence-corrected chi connectivity index (χ3v) is 5.51. The summed E-state index contributed by atoms with van der Waals surface area (Å²) in [6, 6.07) is 7.56. The quantitative estimate of drug-likeness (QED) is 0.625. The molecule has 1 fully saturated rings. The van der Waals surface area contributed by atoms with Crippen LogP contribution >= 0.6 is 0 Å². The van der Waals surface area contributed by atoms with Crippen LogP contribution in [0.15, 0.2) is 48.9 Å². The van der Waals surface area contributed by atoms with Gasteiger partial charge in [-0.15, -0.1) is 0 Å². The second-order valence-corrected chi connectivity index (χ2v) is 7.61. The summed E-state index contributed by atoms with van der Waals surface area (Å²) in [5, 5.41) is 12.7. The number of nitrogens with one attached hydrogen (secondary N) is 1. The number of carbonyl (C=O) groups excluding carboxylic acids is 1. The molecule has 0 aliphatic carbocycles. The van der Waals surface area contributed by atoms with Crippen LogP contribution in [-0.4, -0.2) is 46.6 Å². The number of aromatic nitrogens is 2. The van der Waals surface area contributed by atoms with Gasteiger partial charge in [-0.25, -0.2) is 14.8 Å². The van der Waals surface area contributed by atoms with Crippen molar-refractivity contribution in [2.75, 3.05) is 24.5 Å².